The van der Waals surface area contributed by atoms with Crippen LogP contribution in [0.3, 0.4) is 0 Å². The lowest BCUT2D eigenvalue weighted by molar-refractivity contribution is -0.137. The van der Waals surface area contributed by atoms with Crippen LogP contribution in [-0.4, -0.2) is 35.6 Å². The first kappa shape index (κ1) is 20.3. The molecule has 0 bridgehead atoms. The highest BCUT2D eigenvalue weighted by Crippen LogP contribution is 2.41. The van der Waals surface area contributed by atoms with Gasteiger partial charge in [-0.25, -0.2) is 14.1 Å². The van der Waals surface area contributed by atoms with Crippen LogP contribution in [-0.2, 0) is 16.5 Å². The van der Waals surface area contributed by atoms with Gasteiger partial charge in [0.15, 0.2) is 5.54 Å². The monoisotopic (exact) mass is 407 g/mol. The van der Waals surface area contributed by atoms with E-state index in [0.717, 1.165) is 29.2 Å². The second-order valence-corrected chi connectivity index (χ2v) is 6.35. The highest BCUT2D eigenvalue weighted by atomic mass is 19.4. The topological polar surface area (TPSA) is 84.6 Å². The number of carbonyl (C=O) groups excluding carboxylic acids is 2. The molecule has 1 N–H and O–H groups in total. The Hall–Kier alpha value is -3.45. The molecular formula is C19H13F4N3O3. The zero-order valence-corrected chi connectivity index (χ0v) is 14.9. The number of likely N-dealkylation sites (N-methyl/N-ethyl adjacent to an activating group) is 1. The number of aliphatic hydroxyl groups excluding tert-OH is 1. The molecule has 150 valence electrons. The molecule has 10 heteroatoms. The standard InChI is InChI=1S/C19H13F4N3O3/c1-25-17(29)26(14-7-2-11(9-24)15(8-14)19(21,22)23)16(28)18(25,10-27)12-3-5-13(20)6-4-12/h2-8,27H,10H2,1H3. The molecule has 0 aliphatic carbocycles. The van der Waals surface area contributed by atoms with Gasteiger partial charge in [-0.2, -0.15) is 18.4 Å². The van der Waals surface area contributed by atoms with Crippen LogP contribution in [0, 0.1) is 17.1 Å². The number of amides is 3. The molecule has 1 heterocycles. The van der Waals surface area contributed by atoms with Crippen LogP contribution in [0.5, 0.6) is 0 Å². The van der Waals surface area contributed by atoms with Crippen molar-refractivity contribution in [2.45, 2.75) is 11.7 Å². The van der Waals surface area contributed by atoms with Gasteiger partial charge in [-0.15, -0.1) is 0 Å². The fourth-order valence-electron chi connectivity index (χ4n) is 3.27. The minimum absolute atomic E-state index is 0.0921. The van der Waals surface area contributed by atoms with Gasteiger partial charge in [-0.3, -0.25) is 4.79 Å². The summed E-state index contributed by atoms with van der Waals surface area (Å²) >= 11 is 0. The van der Waals surface area contributed by atoms with Gasteiger partial charge in [0.2, 0.25) is 0 Å². The predicted molar refractivity (Wildman–Crippen MR) is 92.0 cm³/mol. The Bertz CT molecular complexity index is 1030. The van der Waals surface area contributed by atoms with Gasteiger partial charge >= 0.3 is 12.2 Å². The predicted octanol–water partition coefficient (Wildman–Crippen LogP) is 3.00. The highest BCUT2D eigenvalue weighted by Gasteiger charge is 2.57. The maximum absolute atomic E-state index is 13.3. The van der Waals surface area contributed by atoms with E-state index in [4.69, 9.17) is 5.26 Å². The quantitative estimate of drug-likeness (QED) is 0.626. The fourth-order valence-corrected chi connectivity index (χ4v) is 3.27. The van der Waals surface area contributed by atoms with Gasteiger partial charge in [0.05, 0.1) is 29.5 Å². The number of rotatable bonds is 3. The number of benzene rings is 2. The summed E-state index contributed by atoms with van der Waals surface area (Å²) in [6.07, 6.45) is -4.89. The van der Waals surface area contributed by atoms with Crippen molar-refractivity contribution in [1.29, 1.82) is 5.26 Å². The zero-order valence-electron chi connectivity index (χ0n) is 14.9. The molecule has 3 rings (SSSR count). The van der Waals surface area contributed by atoms with Crippen molar-refractivity contribution in [2.75, 3.05) is 18.6 Å². The van der Waals surface area contributed by atoms with Gasteiger partial charge in [-0.1, -0.05) is 12.1 Å². The van der Waals surface area contributed by atoms with Gasteiger partial charge in [0, 0.05) is 7.05 Å². The van der Waals surface area contributed by atoms with Crippen LogP contribution in [0.2, 0.25) is 0 Å². The lowest BCUT2D eigenvalue weighted by Crippen LogP contribution is -2.48. The number of nitrogens with zero attached hydrogens (tertiary/aromatic N) is 3. The van der Waals surface area contributed by atoms with E-state index in [9.17, 15) is 32.3 Å². The van der Waals surface area contributed by atoms with Gasteiger partial charge in [-0.05, 0) is 35.9 Å². The minimum atomic E-state index is -4.89. The van der Waals surface area contributed by atoms with Crippen molar-refractivity contribution in [3.8, 4) is 6.07 Å². The molecule has 0 saturated carbocycles. The minimum Gasteiger partial charge on any atom is -0.393 e. The molecule has 2 aromatic carbocycles. The summed E-state index contributed by atoms with van der Waals surface area (Å²) in [7, 11) is 1.20. The maximum atomic E-state index is 13.3. The highest BCUT2D eigenvalue weighted by molar-refractivity contribution is 6.23. The Kier molecular flexibility index (Phi) is 4.80. The number of alkyl halides is 3. The Morgan fingerprint density at radius 1 is 1.14 bits per heavy atom. The van der Waals surface area contributed by atoms with Crippen LogP contribution < -0.4 is 4.90 Å². The van der Waals surface area contributed by atoms with E-state index in [1.165, 1.54) is 25.2 Å². The van der Waals surface area contributed by atoms with Gasteiger partial charge in [0.25, 0.3) is 5.91 Å². The summed E-state index contributed by atoms with van der Waals surface area (Å²) in [5.41, 5.74) is -4.22. The van der Waals surface area contributed by atoms with E-state index in [2.05, 4.69) is 0 Å². The Balaban J connectivity index is 2.16. The fraction of sp³-hybridized carbons (Fsp3) is 0.211. The molecule has 29 heavy (non-hydrogen) atoms. The number of nitriles is 1. The molecule has 3 amide bonds. The molecule has 1 saturated heterocycles. The normalized spacial score (nSPS) is 19.6. The first-order chi connectivity index (χ1) is 13.6. The van der Waals surface area contributed by atoms with E-state index < -0.39 is 52.9 Å². The molecule has 0 radical (unpaired) electrons. The molecule has 1 aliphatic heterocycles. The van der Waals surface area contributed by atoms with E-state index in [-0.39, 0.29) is 5.56 Å². The van der Waals surface area contributed by atoms with Crippen molar-refractivity contribution in [1.82, 2.24) is 4.90 Å². The number of aliphatic hydroxyl groups is 1. The van der Waals surface area contributed by atoms with Crippen molar-refractivity contribution < 1.29 is 32.3 Å². The lowest BCUT2D eigenvalue weighted by atomic mass is 9.89. The lowest BCUT2D eigenvalue weighted by Gasteiger charge is -2.31. The Labute approximate surface area is 162 Å². The number of urea groups is 1. The maximum Gasteiger partial charge on any atom is 0.417 e. The second-order valence-electron chi connectivity index (χ2n) is 6.35. The van der Waals surface area contributed by atoms with Crippen LogP contribution in [0.25, 0.3) is 0 Å². The smallest absolute Gasteiger partial charge is 0.393 e. The molecule has 1 unspecified atom stereocenters. The third-order valence-corrected chi connectivity index (χ3v) is 4.85. The largest absolute Gasteiger partial charge is 0.417 e. The average molecular weight is 407 g/mol. The molecule has 1 aliphatic rings. The van der Waals surface area contributed by atoms with Crippen LogP contribution in [0.4, 0.5) is 28.0 Å². The molecule has 0 aromatic heterocycles. The summed E-state index contributed by atoms with van der Waals surface area (Å²) in [5.74, 6) is -1.61. The third-order valence-electron chi connectivity index (χ3n) is 4.85. The number of imide groups is 1. The molecule has 1 atom stereocenters. The second kappa shape index (κ2) is 6.86. The Morgan fingerprint density at radius 2 is 1.76 bits per heavy atom. The molecule has 6 nitrogen and oxygen atoms in total. The first-order valence-electron chi connectivity index (χ1n) is 8.18. The van der Waals surface area contributed by atoms with Crippen LogP contribution in [0.1, 0.15) is 16.7 Å². The number of anilines is 1. The SMILES string of the molecule is CN1C(=O)N(c2ccc(C#N)c(C(F)(F)F)c2)C(=O)C1(CO)c1ccc(F)cc1. The summed E-state index contributed by atoms with van der Waals surface area (Å²) < 4.78 is 53.1. The molecule has 1 fully saturated rings. The molecular weight excluding hydrogens is 394 g/mol. The number of hydrogen-bond acceptors (Lipinski definition) is 4. The Morgan fingerprint density at radius 3 is 2.28 bits per heavy atom. The number of carbonyl (C=O) groups is 2. The van der Waals surface area contributed by atoms with E-state index in [0.29, 0.717) is 11.0 Å². The third kappa shape index (κ3) is 3.00. The molecule has 2 aromatic rings. The summed E-state index contributed by atoms with van der Waals surface area (Å²) in [4.78, 5) is 27.3. The average Bonchev–Trinajstić information content (AvgIpc) is 2.88. The summed E-state index contributed by atoms with van der Waals surface area (Å²) in [5, 5.41) is 18.9. The van der Waals surface area contributed by atoms with E-state index >= 15 is 0 Å². The van der Waals surface area contributed by atoms with Crippen LogP contribution in [0.15, 0.2) is 42.5 Å². The van der Waals surface area contributed by atoms with Crippen molar-refractivity contribution >= 4 is 17.6 Å². The zero-order chi connectivity index (χ0) is 21.6. The van der Waals surface area contributed by atoms with Gasteiger partial charge in [0.1, 0.15) is 5.82 Å². The number of halogens is 4. The van der Waals surface area contributed by atoms with Crippen molar-refractivity contribution in [2.24, 2.45) is 0 Å². The van der Waals surface area contributed by atoms with Crippen molar-refractivity contribution in [3.63, 3.8) is 0 Å². The van der Waals surface area contributed by atoms with Crippen LogP contribution >= 0.6 is 0 Å². The summed E-state index contributed by atoms with van der Waals surface area (Å²) in [6, 6.07) is 7.33. The number of hydrogen-bond donors (Lipinski definition) is 1. The van der Waals surface area contributed by atoms with Gasteiger partial charge < -0.3 is 10.0 Å². The first-order valence-corrected chi connectivity index (χ1v) is 8.18. The molecule has 0 spiro atoms. The van der Waals surface area contributed by atoms with E-state index in [1.807, 2.05) is 0 Å². The van der Waals surface area contributed by atoms with E-state index in [1.54, 1.807) is 0 Å². The van der Waals surface area contributed by atoms with Crippen molar-refractivity contribution in [3.05, 3.63) is 65.0 Å². The summed E-state index contributed by atoms with van der Waals surface area (Å²) in [6.45, 7) is -0.876.